The standard InChI is InChI=1S/C23H25N5O4.C2H6/c1-15-10-11-24-21(20(15)23(30)31-3)32-17-9-8-16(2)27(14-17)22(29)18-6-4-5-7-19(18)28-25-12-13-26-28;1-2/h4-7,10-13,16-17H,8-9,14H2,1-3H3;1-2H3/t16-,17?;/m1./s1. The maximum absolute atomic E-state index is 13.5. The summed E-state index contributed by atoms with van der Waals surface area (Å²) in [6.45, 7) is 8.20. The Morgan fingerprint density at radius 3 is 2.44 bits per heavy atom. The molecule has 0 bridgehead atoms. The van der Waals surface area contributed by atoms with Gasteiger partial charge in [-0.1, -0.05) is 26.0 Å². The van der Waals surface area contributed by atoms with Gasteiger partial charge in [-0.15, -0.1) is 0 Å². The Morgan fingerprint density at radius 1 is 1.03 bits per heavy atom. The van der Waals surface area contributed by atoms with E-state index in [-0.39, 0.29) is 23.9 Å². The van der Waals surface area contributed by atoms with E-state index >= 15 is 0 Å². The molecule has 1 saturated heterocycles. The number of hydrogen-bond acceptors (Lipinski definition) is 7. The smallest absolute Gasteiger partial charge is 0.343 e. The van der Waals surface area contributed by atoms with Gasteiger partial charge in [0.05, 0.1) is 37.3 Å². The van der Waals surface area contributed by atoms with Crippen LogP contribution >= 0.6 is 0 Å². The van der Waals surface area contributed by atoms with Crippen LogP contribution in [0, 0.1) is 6.92 Å². The Morgan fingerprint density at radius 2 is 1.74 bits per heavy atom. The third kappa shape index (κ3) is 5.24. The van der Waals surface area contributed by atoms with E-state index in [0.29, 0.717) is 23.4 Å². The van der Waals surface area contributed by atoms with Crippen molar-refractivity contribution in [1.82, 2.24) is 24.9 Å². The first kappa shape index (κ1) is 24.9. The van der Waals surface area contributed by atoms with Crippen molar-refractivity contribution in [3.05, 3.63) is 65.6 Å². The fourth-order valence-electron chi connectivity index (χ4n) is 3.91. The van der Waals surface area contributed by atoms with Crippen LogP contribution in [0.15, 0.2) is 48.9 Å². The van der Waals surface area contributed by atoms with Gasteiger partial charge < -0.3 is 14.4 Å². The number of ether oxygens (including phenoxy) is 2. The zero-order valence-electron chi connectivity index (χ0n) is 20.3. The summed E-state index contributed by atoms with van der Waals surface area (Å²) in [6, 6.07) is 9.02. The lowest BCUT2D eigenvalue weighted by molar-refractivity contribution is 0.0358. The third-order valence-corrected chi connectivity index (χ3v) is 5.66. The summed E-state index contributed by atoms with van der Waals surface area (Å²) in [4.78, 5) is 33.2. The first-order chi connectivity index (χ1) is 16.5. The predicted octanol–water partition coefficient (Wildman–Crippen LogP) is 3.86. The molecule has 1 unspecified atom stereocenters. The average Bonchev–Trinajstić information content (AvgIpc) is 3.41. The van der Waals surface area contributed by atoms with E-state index in [0.717, 1.165) is 18.4 Å². The molecule has 1 aliphatic rings. The molecule has 3 heterocycles. The monoisotopic (exact) mass is 465 g/mol. The molecule has 1 aliphatic heterocycles. The minimum Gasteiger partial charge on any atom is -0.472 e. The van der Waals surface area contributed by atoms with Gasteiger partial charge in [0.1, 0.15) is 11.7 Å². The van der Waals surface area contributed by atoms with E-state index in [1.807, 2.05) is 39.0 Å². The van der Waals surface area contributed by atoms with Crippen molar-refractivity contribution in [2.24, 2.45) is 0 Å². The third-order valence-electron chi connectivity index (χ3n) is 5.66. The molecule has 0 radical (unpaired) electrons. The zero-order valence-corrected chi connectivity index (χ0v) is 20.3. The molecule has 4 rings (SSSR count). The maximum Gasteiger partial charge on any atom is 0.343 e. The molecule has 0 spiro atoms. The quantitative estimate of drug-likeness (QED) is 0.528. The Hall–Kier alpha value is -3.75. The first-order valence-corrected chi connectivity index (χ1v) is 11.5. The van der Waals surface area contributed by atoms with E-state index in [4.69, 9.17) is 9.47 Å². The topological polar surface area (TPSA) is 99.4 Å². The molecule has 9 nitrogen and oxygen atoms in total. The molecule has 0 saturated carbocycles. The number of nitrogens with zero attached hydrogens (tertiary/aromatic N) is 5. The van der Waals surface area contributed by atoms with Gasteiger partial charge >= 0.3 is 5.97 Å². The predicted molar refractivity (Wildman–Crippen MR) is 127 cm³/mol. The fraction of sp³-hybridized carbons (Fsp3) is 0.400. The van der Waals surface area contributed by atoms with Gasteiger partial charge in [0, 0.05) is 12.2 Å². The van der Waals surface area contributed by atoms with Crippen LogP contribution in [-0.2, 0) is 4.74 Å². The van der Waals surface area contributed by atoms with Gasteiger partial charge in [-0.3, -0.25) is 4.79 Å². The van der Waals surface area contributed by atoms with Crippen molar-refractivity contribution in [1.29, 1.82) is 0 Å². The second kappa shape index (κ2) is 11.4. The lowest BCUT2D eigenvalue weighted by Crippen LogP contribution is -2.49. The second-order valence-corrected chi connectivity index (χ2v) is 7.76. The molecular formula is C25H31N5O4. The second-order valence-electron chi connectivity index (χ2n) is 7.76. The molecular weight excluding hydrogens is 434 g/mol. The van der Waals surface area contributed by atoms with Crippen molar-refractivity contribution in [3.8, 4) is 11.6 Å². The van der Waals surface area contributed by atoms with Crippen LogP contribution in [0.4, 0.5) is 0 Å². The number of aromatic nitrogens is 4. The van der Waals surface area contributed by atoms with Gasteiger partial charge in [0.15, 0.2) is 0 Å². The van der Waals surface area contributed by atoms with Crippen LogP contribution in [0.3, 0.4) is 0 Å². The van der Waals surface area contributed by atoms with Gasteiger partial charge in [0.2, 0.25) is 5.88 Å². The normalized spacial score (nSPS) is 17.4. The highest BCUT2D eigenvalue weighted by atomic mass is 16.5. The lowest BCUT2D eigenvalue weighted by atomic mass is 9.99. The summed E-state index contributed by atoms with van der Waals surface area (Å²) in [5.74, 6) is -0.391. The van der Waals surface area contributed by atoms with Gasteiger partial charge in [-0.2, -0.15) is 15.0 Å². The highest BCUT2D eigenvalue weighted by Crippen LogP contribution is 2.27. The van der Waals surface area contributed by atoms with Crippen LogP contribution in [0.2, 0.25) is 0 Å². The lowest BCUT2D eigenvalue weighted by Gasteiger charge is -2.38. The molecule has 2 atom stereocenters. The molecule has 180 valence electrons. The number of para-hydroxylation sites is 1. The van der Waals surface area contributed by atoms with Crippen molar-refractivity contribution in [3.63, 3.8) is 0 Å². The number of benzene rings is 1. The number of pyridine rings is 1. The van der Waals surface area contributed by atoms with E-state index < -0.39 is 5.97 Å². The van der Waals surface area contributed by atoms with Crippen molar-refractivity contribution in [2.45, 2.75) is 52.7 Å². The van der Waals surface area contributed by atoms with E-state index in [1.165, 1.54) is 11.9 Å². The Balaban J connectivity index is 0.00000158. The maximum atomic E-state index is 13.5. The highest BCUT2D eigenvalue weighted by Gasteiger charge is 2.33. The summed E-state index contributed by atoms with van der Waals surface area (Å²) in [5, 5.41) is 8.33. The van der Waals surface area contributed by atoms with Gasteiger partial charge in [-0.25, -0.2) is 9.78 Å². The van der Waals surface area contributed by atoms with Crippen molar-refractivity contribution >= 4 is 11.9 Å². The minimum absolute atomic E-state index is 0.0338. The zero-order chi connectivity index (χ0) is 24.7. The molecule has 1 aromatic carbocycles. The Kier molecular flexibility index (Phi) is 8.34. The van der Waals surface area contributed by atoms with Crippen molar-refractivity contribution < 1.29 is 19.1 Å². The summed E-state index contributed by atoms with van der Waals surface area (Å²) in [5.41, 5.74) is 2.16. The van der Waals surface area contributed by atoms with E-state index in [1.54, 1.807) is 42.5 Å². The molecule has 34 heavy (non-hydrogen) atoms. The number of rotatable bonds is 5. The highest BCUT2D eigenvalue weighted by molar-refractivity contribution is 5.98. The summed E-state index contributed by atoms with van der Waals surface area (Å²) in [6.07, 6.45) is 5.94. The minimum atomic E-state index is -0.497. The molecule has 0 N–H and O–H groups in total. The largest absolute Gasteiger partial charge is 0.472 e. The number of hydrogen-bond donors (Lipinski definition) is 0. The number of carbonyl (C=O) groups excluding carboxylic acids is 2. The average molecular weight is 466 g/mol. The SMILES string of the molecule is CC.COC(=O)c1c(C)ccnc1OC1CC[C@@H](C)N(C(=O)c2ccccc2-n2nccn2)C1. The molecule has 0 aliphatic carbocycles. The van der Waals surface area contributed by atoms with Crippen LogP contribution in [-0.4, -0.2) is 62.6 Å². The number of carbonyl (C=O) groups is 2. The summed E-state index contributed by atoms with van der Waals surface area (Å²) >= 11 is 0. The number of esters is 1. The van der Waals surface area contributed by atoms with E-state index in [9.17, 15) is 9.59 Å². The summed E-state index contributed by atoms with van der Waals surface area (Å²) in [7, 11) is 1.33. The number of methoxy groups -OCH3 is 1. The molecule has 9 heteroatoms. The Labute approximate surface area is 199 Å². The van der Waals surface area contributed by atoms with Gasteiger partial charge in [-0.05, 0) is 50.5 Å². The summed E-state index contributed by atoms with van der Waals surface area (Å²) < 4.78 is 11.0. The number of piperidine rings is 1. The molecule has 1 fully saturated rings. The molecule has 3 aromatic rings. The fourth-order valence-corrected chi connectivity index (χ4v) is 3.91. The molecule has 2 aromatic heterocycles. The van der Waals surface area contributed by atoms with E-state index in [2.05, 4.69) is 15.2 Å². The first-order valence-electron chi connectivity index (χ1n) is 11.5. The number of aryl methyl sites for hydroxylation is 1. The van der Waals surface area contributed by atoms with Crippen LogP contribution in [0.5, 0.6) is 5.88 Å². The number of likely N-dealkylation sites (tertiary alicyclic amines) is 1. The van der Waals surface area contributed by atoms with Crippen LogP contribution in [0.25, 0.3) is 5.69 Å². The number of amides is 1. The van der Waals surface area contributed by atoms with Crippen LogP contribution < -0.4 is 4.74 Å². The van der Waals surface area contributed by atoms with Crippen LogP contribution in [0.1, 0.15) is 59.9 Å². The van der Waals surface area contributed by atoms with Crippen molar-refractivity contribution in [2.75, 3.05) is 13.7 Å². The molecule has 1 amide bonds. The Bertz CT molecular complexity index is 1120. The van der Waals surface area contributed by atoms with Gasteiger partial charge in [0.25, 0.3) is 5.91 Å².